The Hall–Kier alpha value is -2.43. The summed E-state index contributed by atoms with van der Waals surface area (Å²) in [5.74, 6) is -0.343. The molecule has 2 amide bonds. The van der Waals surface area contributed by atoms with Gasteiger partial charge in [-0.15, -0.1) is 0 Å². The van der Waals surface area contributed by atoms with Crippen LogP contribution in [-0.2, 0) is 9.59 Å². The number of hydrogen-bond donors (Lipinski definition) is 1. The zero-order valence-corrected chi connectivity index (χ0v) is 12.7. The molecule has 5 nitrogen and oxygen atoms in total. The average Bonchev–Trinajstić information content (AvgIpc) is 2.90. The highest BCUT2D eigenvalue weighted by molar-refractivity contribution is 6.03. The molecule has 0 radical (unpaired) electrons. The molecule has 1 fully saturated rings. The second kappa shape index (κ2) is 5.75. The van der Waals surface area contributed by atoms with Crippen LogP contribution in [0.15, 0.2) is 36.5 Å². The normalized spacial score (nSPS) is 18.2. The van der Waals surface area contributed by atoms with Gasteiger partial charge in [-0.3, -0.25) is 14.6 Å². The van der Waals surface area contributed by atoms with E-state index < -0.39 is 0 Å². The highest BCUT2D eigenvalue weighted by Crippen LogP contribution is 2.25. The van der Waals surface area contributed by atoms with E-state index in [-0.39, 0.29) is 30.2 Å². The fourth-order valence-corrected chi connectivity index (χ4v) is 2.85. The van der Waals surface area contributed by atoms with Crippen LogP contribution in [0.5, 0.6) is 0 Å². The van der Waals surface area contributed by atoms with Gasteiger partial charge in [-0.2, -0.15) is 0 Å². The van der Waals surface area contributed by atoms with Crippen LogP contribution >= 0.6 is 0 Å². The van der Waals surface area contributed by atoms with Crippen LogP contribution in [-0.4, -0.2) is 34.3 Å². The van der Waals surface area contributed by atoms with Crippen molar-refractivity contribution in [1.82, 2.24) is 9.88 Å². The van der Waals surface area contributed by atoms with E-state index in [0.717, 1.165) is 16.6 Å². The van der Waals surface area contributed by atoms with E-state index in [2.05, 4.69) is 10.3 Å². The Balaban J connectivity index is 1.78. The SMILES string of the molecule is CC(C)N1CC(C(=O)Nc2cccc3ncccc23)CC1=O. The molecule has 1 aromatic heterocycles. The molecule has 0 bridgehead atoms. The van der Waals surface area contributed by atoms with E-state index >= 15 is 0 Å². The Morgan fingerprint density at radius 3 is 2.86 bits per heavy atom. The molecule has 5 heteroatoms. The molecule has 1 aliphatic rings. The molecule has 3 rings (SSSR count). The number of fused-ring (bicyclic) bond motifs is 1. The molecule has 2 aromatic rings. The number of likely N-dealkylation sites (tertiary alicyclic amines) is 1. The van der Waals surface area contributed by atoms with Crippen molar-refractivity contribution in [3.05, 3.63) is 36.5 Å². The summed E-state index contributed by atoms with van der Waals surface area (Å²) in [6.07, 6.45) is 2.01. The zero-order valence-electron chi connectivity index (χ0n) is 12.7. The van der Waals surface area contributed by atoms with E-state index in [1.807, 2.05) is 44.2 Å². The average molecular weight is 297 g/mol. The van der Waals surface area contributed by atoms with Crippen molar-refractivity contribution >= 4 is 28.4 Å². The fourth-order valence-electron chi connectivity index (χ4n) is 2.85. The van der Waals surface area contributed by atoms with Crippen molar-refractivity contribution in [3.63, 3.8) is 0 Å². The number of rotatable bonds is 3. The third-order valence-corrected chi connectivity index (χ3v) is 4.06. The number of carbonyl (C=O) groups is 2. The van der Waals surface area contributed by atoms with E-state index in [9.17, 15) is 9.59 Å². The number of amides is 2. The molecule has 1 aliphatic heterocycles. The van der Waals surface area contributed by atoms with Crippen molar-refractivity contribution in [2.45, 2.75) is 26.3 Å². The van der Waals surface area contributed by atoms with Crippen LogP contribution < -0.4 is 5.32 Å². The Labute approximate surface area is 129 Å². The van der Waals surface area contributed by atoms with Gasteiger partial charge in [0.05, 0.1) is 17.1 Å². The van der Waals surface area contributed by atoms with Gasteiger partial charge in [0.15, 0.2) is 0 Å². The first-order valence-electron chi connectivity index (χ1n) is 7.50. The third kappa shape index (κ3) is 2.66. The zero-order chi connectivity index (χ0) is 15.7. The summed E-state index contributed by atoms with van der Waals surface area (Å²) in [4.78, 5) is 30.4. The molecular formula is C17H19N3O2. The van der Waals surface area contributed by atoms with Crippen molar-refractivity contribution in [2.24, 2.45) is 5.92 Å². The minimum atomic E-state index is -0.290. The quantitative estimate of drug-likeness (QED) is 0.946. The van der Waals surface area contributed by atoms with E-state index in [4.69, 9.17) is 0 Å². The number of hydrogen-bond acceptors (Lipinski definition) is 3. The van der Waals surface area contributed by atoms with Crippen molar-refractivity contribution < 1.29 is 9.59 Å². The number of benzene rings is 1. The van der Waals surface area contributed by atoms with Gasteiger partial charge in [-0.1, -0.05) is 6.07 Å². The minimum absolute atomic E-state index is 0.0507. The predicted molar refractivity (Wildman–Crippen MR) is 85.3 cm³/mol. The van der Waals surface area contributed by atoms with E-state index in [1.54, 1.807) is 11.1 Å². The Morgan fingerprint density at radius 1 is 1.32 bits per heavy atom. The van der Waals surface area contributed by atoms with Crippen LogP contribution in [0.2, 0.25) is 0 Å². The summed E-state index contributed by atoms with van der Waals surface area (Å²) in [6, 6.07) is 9.54. The lowest BCUT2D eigenvalue weighted by atomic mass is 10.1. The van der Waals surface area contributed by atoms with Gasteiger partial charge >= 0.3 is 0 Å². The summed E-state index contributed by atoms with van der Waals surface area (Å²) >= 11 is 0. The lowest BCUT2D eigenvalue weighted by molar-refractivity contribution is -0.129. The number of carbonyl (C=O) groups excluding carboxylic acids is 2. The van der Waals surface area contributed by atoms with Gasteiger partial charge in [0, 0.05) is 30.6 Å². The summed E-state index contributed by atoms with van der Waals surface area (Å²) < 4.78 is 0. The van der Waals surface area contributed by atoms with Crippen LogP contribution in [0.4, 0.5) is 5.69 Å². The number of aromatic nitrogens is 1. The Bertz CT molecular complexity index is 721. The van der Waals surface area contributed by atoms with Crippen molar-refractivity contribution in [1.29, 1.82) is 0 Å². The van der Waals surface area contributed by atoms with Crippen LogP contribution in [0.3, 0.4) is 0 Å². The maximum Gasteiger partial charge on any atom is 0.229 e. The maximum atomic E-state index is 12.5. The molecule has 114 valence electrons. The smallest absolute Gasteiger partial charge is 0.229 e. The van der Waals surface area contributed by atoms with Gasteiger partial charge in [-0.05, 0) is 38.1 Å². The van der Waals surface area contributed by atoms with Crippen LogP contribution in [0.25, 0.3) is 10.9 Å². The summed E-state index contributed by atoms with van der Waals surface area (Å²) in [7, 11) is 0. The molecular weight excluding hydrogens is 278 g/mol. The molecule has 1 N–H and O–H groups in total. The van der Waals surface area contributed by atoms with Gasteiger partial charge in [0.25, 0.3) is 0 Å². The summed E-state index contributed by atoms with van der Waals surface area (Å²) in [6.45, 7) is 4.43. The summed E-state index contributed by atoms with van der Waals surface area (Å²) in [5.41, 5.74) is 1.58. The molecule has 0 spiro atoms. The van der Waals surface area contributed by atoms with Crippen molar-refractivity contribution in [3.8, 4) is 0 Å². The maximum absolute atomic E-state index is 12.5. The van der Waals surface area contributed by atoms with Gasteiger partial charge in [0.2, 0.25) is 11.8 Å². The molecule has 1 saturated heterocycles. The number of anilines is 1. The largest absolute Gasteiger partial charge is 0.339 e. The summed E-state index contributed by atoms with van der Waals surface area (Å²) in [5, 5.41) is 3.85. The number of nitrogens with one attached hydrogen (secondary N) is 1. The highest BCUT2D eigenvalue weighted by atomic mass is 16.2. The topological polar surface area (TPSA) is 62.3 Å². The monoisotopic (exact) mass is 297 g/mol. The van der Waals surface area contributed by atoms with Gasteiger partial charge in [-0.25, -0.2) is 0 Å². The molecule has 22 heavy (non-hydrogen) atoms. The lowest BCUT2D eigenvalue weighted by Crippen LogP contribution is -2.33. The first kappa shape index (κ1) is 14.5. The first-order valence-corrected chi connectivity index (χ1v) is 7.50. The third-order valence-electron chi connectivity index (χ3n) is 4.06. The van der Waals surface area contributed by atoms with Crippen LogP contribution in [0.1, 0.15) is 20.3 Å². The van der Waals surface area contributed by atoms with Gasteiger partial charge < -0.3 is 10.2 Å². The van der Waals surface area contributed by atoms with E-state index in [1.165, 1.54) is 0 Å². The second-order valence-electron chi connectivity index (χ2n) is 5.91. The Kier molecular flexibility index (Phi) is 3.79. The lowest BCUT2D eigenvalue weighted by Gasteiger charge is -2.20. The fraction of sp³-hybridized carbons (Fsp3) is 0.353. The standard InChI is InChI=1S/C17H19N3O2/c1-11(2)20-10-12(9-16(20)21)17(22)19-15-7-3-6-14-13(15)5-4-8-18-14/h3-8,11-12H,9-10H2,1-2H3,(H,19,22). The number of nitrogens with zero attached hydrogens (tertiary/aromatic N) is 2. The van der Waals surface area contributed by atoms with Crippen molar-refractivity contribution in [2.75, 3.05) is 11.9 Å². The Morgan fingerprint density at radius 2 is 2.14 bits per heavy atom. The molecule has 2 heterocycles. The molecule has 0 aliphatic carbocycles. The molecule has 1 aromatic carbocycles. The van der Waals surface area contributed by atoms with E-state index in [0.29, 0.717) is 6.54 Å². The molecule has 0 saturated carbocycles. The van der Waals surface area contributed by atoms with Gasteiger partial charge in [0.1, 0.15) is 0 Å². The second-order valence-corrected chi connectivity index (χ2v) is 5.91. The predicted octanol–water partition coefficient (Wildman–Crippen LogP) is 2.43. The first-order chi connectivity index (χ1) is 10.6. The molecule has 1 unspecified atom stereocenters. The molecule has 1 atom stereocenters. The number of pyridine rings is 1. The highest BCUT2D eigenvalue weighted by Gasteiger charge is 2.35. The van der Waals surface area contributed by atoms with Crippen LogP contribution in [0, 0.1) is 5.92 Å². The minimum Gasteiger partial charge on any atom is -0.339 e.